The van der Waals surface area contributed by atoms with Gasteiger partial charge in [-0.1, -0.05) is 6.92 Å². The minimum absolute atomic E-state index is 0.603. The number of nitrogens with zero attached hydrogens (tertiary/aromatic N) is 1. The summed E-state index contributed by atoms with van der Waals surface area (Å²) in [5.74, 6) is 1.58. The van der Waals surface area contributed by atoms with E-state index in [2.05, 4.69) is 11.4 Å². The van der Waals surface area contributed by atoms with Crippen molar-refractivity contribution >= 4 is 0 Å². The summed E-state index contributed by atoms with van der Waals surface area (Å²) in [5.41, 5.74) is 2.43. The molecule has 0 saturated heterocycles. The number of rotatable bonds is 5. The highest BCUT2D eigenvalue weighted by molar-refractivity contribution is 5.73. The average molecular weight is 256 g/mol. The van der Waals surface area contributed by atoms with Gasteiger partial charge in [0.05, 0.1) is 31.6 Å². The summed E-state index contributed by atoms with van der Waals surface area (Å²) in [4.78, 5) is 0. The van der Waals surface area contributed by atoms with Crippen molar-refractivity contribution in [1.82, 2.24) is 5.32 Å². The number of ether oxygens (including phenoxy) is 1. The summed E-state index contributed by atoms with van der Waals surface area (Å²) < 4.78 is 10.8. The maximum absolute atomic E-state index is 9.01. The third kappa shape index (κ3) is 2.78. The first-order chi connectivity index (χ1) is 9.30. The Bertz CT molecular complexity index is 596. The van der Waals surface area contributed by atoms with Gasteiger partial charge in [-0.3, -0.25) is 0 Å². The molecule has 0 saturated carbocycles. The number of hydrogen-bond donors (Lipinski definition) is 1. The summed E-state index contributed by atoms with van der Waals surface area (Å²) >= 11 is 0. The molecule has 0 amide bonds. The summed E-state index contributed by atoms with van der Waals surface area (Å²) in [6.45, 7) is 3.56. The van der Waals surface area contributed by atoms with Gasteiger partial charge in [-0.15, -0.1) is 0 Å². The van der Waals surface area contributed by atoms with Crippen molar-refractivity contribution in [2.45, 2.75) is 13.5 Å². The molecule has 0 aliphatic heterocycles. The van der Waals surface area contributed by atoms with Gasteiger partial charge in [0, 0.05) is 11.1 Å². The Balaban J connectivity index is 2.45. The molecule has 1 aromatic carbocycles. The van der Waals surface area contributed by atoms with E-state index in [0.29, 0.717) is 12.1 Å². The molecule has 0 aliphatic carbocycles. The molecular weight excluding hydrogens is 240 g/mol. The fourth-order valence-electron chi connectivity index (χ4n) is 1.94. The monoisotopic (exact) mass is 256 g/mol. The summed E-state index contributed by atoms with van der Waals surface area (Å²) in [6, 6.07) is 9.40. The van der Waals surface area contributed by atoms with Crippen LogP contribution in [0.1, 0.15) is 18.2 Å². The summed E-state index contributed by atoms with van der Waals surface area (Å²) in [6.07, 6.45) is 1.65. The zero-order valence-corrected chi connectivity index (χ0v) is 11.1. The van der Waals surface area contributed by atoms with Crippen molar-refractivity contribution < 1.29 is 9.15 Å². The van der Waals surface area contributed by atoms with E-state index in [9.17, 15) is 0 Å². The Morgan fingerprint density at radius 3 is 2.84 bits per heavy atom. The third-order valence-electron chi connectivity index (χ3n) is 2.90. The van der Waals surface area contributed by atoms with Gasteiger partial charge in [0.1, 0.15) is 11.5 Å². The highest BCUT2D eigenvalue weighted by Crippen LogP contribution is 2.33. The molecule has 0 bridgehead atoms. The lowest BCUT2D eigenvalue weighted by atomic mass is 10.0. The smallest absolute Gasteiger partial charge is 0.126 e. The molecule has 4 heteroatoms. The van der Waals surface area contributed by atoms with Crippen LogP contribution in [0.5, 0.6) is 5.75 Å². The van der Waals surface area contributed by atoms with Crippen LogP contribution in [0.2, 0.25) is 0 Å². The standard InChI is InChI=1S/C15H16N2O2/c1-3-17-10-15-12(6-7-19-15)13-8-11(9-16)4-5-14(13)18-2/h4-8,17H,3,10H2,1-2H3. The first-order valence-electron chi connectivity index (χ1n) is 6.15. The second-order valence-electron chi connectivity index (χ2n) is 4.06. The fourth-order valence-corrected chi connectivity index (χ4v) is 1.94. The highest BCUT2D eigenvalue weighted by Gasteiger charge is 2.13. The van der Waals surface area contributed by atoms with Crippen molar-refractivity contribution in [2.24, 2.45) is 0 Å². The number of methoxy groups -OCH3 is 1. The third-order valence-corrected chi connectivity index (χ3v) is 2.90. The summed E-state index contributed by atoms with van der Waals surface area (Å²) in [7, 11) is 1.62. The average Bonchev–Trinajstić information content (AvgIpc) is 2.92. The van der Waals surface area contributed by atoms with E-state index in [1.807, 2.05) is 19.1 Å². The molecule has 0 aliphatic rings. The predicted molar refractivity (Wildman–Crippen MR) is 72.8 cm³/mol. The Labute approximate surface area is 112 Å². The Hall–Kier alpha value is -2.25. The van der Waals surface area contributed by atoms with E-state index in [4.69, 9.17) is 14.4 Å². The molecule has 2 rings (SSSR count). The Kier molecular flexibility index (Phi) is 4.22. The number of nitrogens with one attached hydrogen (secondary N) is 1. The number of nitriles is 1. The fraction of sp³-hybridized carbons (Fsp3) is 0.267. The largest absolute Gasteiger partial charge is 0.496 e. The molecule has 4 nitrogen and oxygen atoms in total. The number of furan rings is 1. The topological polar surface area (TPSA) is 58.2 Å². The normalized spacial score (nSPS) is 10.2. The quantitative estimate of drug-likeness (QED) is 0.893. The molecule has 1 aromatic heterocycles. The minimum atomic E-state index is 0.603. The van der Waals surface area contributed by atoms with Crippen molar-refractivity contribution in [3.63, 3.8) is 0 Å². The SMILES string of the molecule is CCNCc1occc1-c1cc(C#N)ccc1OC. The van der Waals surface area contributed by atoms with Gasteiger partial charge in [0.15, 0.2) is 0 Å². The molecule has 0 radical (unpaired) electrons. The van der Waals surface area contributed by atoms with Gasteiger partial charge in [-0.2, -0.15) is 5.26 Å². The van der Waals surface area contributed by atoms with E-state index in [1.54, 1.807) is 25.5 Å². The minimum Gasteiger partial charge on any atom is -0.496 e. The van der Waals surface area contributed by atoms with Crippen LogP contribution < -0.4 is 10.1 Å². The lowest BCUT2D eigenvalue weighted by Gasteiger charge is -2.09. The molecule has 2 aromatic rings. The van der Waals surface area contributed by atoms with Crippen LogP contribution in [-0.4, -0.2) is 13.7 Å². The van der Waals surface area contributed by atoms with Gasteiger partial charge in [0.25, 0.3) is 0 Å². The van der Waals surface area contributed by atoms with Crippen LogP contribution in [0.15, 0.2) is 34.9 Å². The molecule has 0 fully saturated rings. The van der Waals surface area contributed by atoms with Crippen molar-refractivity contribution in [3.05, 3.63) is 41.9 Å². The molecule has 0 spiro atoms. The van der Waals surface area contributed by atoms with Crippen molar-refractivity contribution in [2.75, 3.05) is 13.7 Å². The zero-order valence-electron chi connectivity index (χ0n) is 11.1. The maximum atomic E-state index is 9.01. The second-order valence-corrected chi connectivity index (χ2v) is 4.06. The lowest BCUT2D eigenvalue weighted by Crippen LogP contribution is -2.11. The van der Waals surface area contributed by atoms with Gasteiger partial charge in [-0.05, 0) is 30.8 Å². The van der Waals surface area contributed by atoms with E-state index in [1.165, 1.54) is 0 Å². The van der Waals surface area contributed by atoms with Gasteiger partial charge in [0.2, 0.25) is 0 Å². The first-order valence-corrected chi connectivity index (χ1v) is 6.15. The van der Waals surface area contributed by atoms with E-state index >= 15 is 0 Å². The molecular formula is C15H16N2O2. The van der Waals surface area contributed by atoms with Crippen LogP contribution in [0.3, 0.4) is 0 Å². The maximum Gasteiger partial charge on any atom is 0.126 e. The van der Waals surface area contributed by atoms with Crippen LogP contribution in [0.4, 0.5) is 0 Å². The zero-order chi connectivity index (χ0) is 13.7. The summed E-state index contributed by atoms with van der Waals surface area (Å²) in [5, 5.41) is 12.2. The lowest BCUT2D eigenvalue weighted by molar-refractivity contribution is 0.416. The molecule has 1 heterocycles. The van der Waals surface area contributed by atoms with Gasteiger partial charge < -0.3 is 14.5 Å². The molecule has 98 valence electrons. The van der Waals surface area contributed by atoms with Crippen molar-refractivity contribution in [1.29, 1.82) is 5.26 Å². The van der Waals surface area contributed by atoms with Crippen LogP contribution in [0, 0.1) is 11.3 Å². The van der Waals surface area contributed by atoms with E-state index < -0.39 is 0 Å². The van der Waals surface area contributed by atoms with Crippen LogP contribution in [-0.2, 0) is 6.54 Å². The highest BCUT2D eigenvalue weighted by atomic mass is 16.5. The molecule has 0 unspecified atom stereocenters. The molecule has 19 heavy (non-hydrogen) atoms. The Morgan fingerprint density at radius 1 is 1.32 bits per heavy atom. The van der Waals surface area contributed by atoms with Crippen molar-refractivity contribution in [3.8, 4) is 22.9 Å². The number of hydrogen-bond acceptors (Lipinski definition) is 4. The first kappa shape index (κ1) is 13.2. The predicted octanol–water partition coefficient (Wildman–Crippen LogP) is 2.94. The van der Waals surface area contributed by atoms with Gasteiger partial charge in [-0.25, -0.2) is 0 Å². The molecule has 1 N–H and O–H groups in total. The van der Waals surface area contributed by atoms with Crippen LogP contribution >= 0.6 is 0 Å². The van der Waals surface area contributed by atoms with E-state index in [0.717, 1.165) is 29.2 Å². The van der Waals surface area contributed by atoms with E-state index in [-0.39, 0.29) is 0 Å². The number of benzene rings is 1. The van der Waals surface area contributed by atoms with Crippen LogP contribution in [0.25, 0.3) is 11.1 Å². The Morgan fingerprint density at radius 2 is 2.16 bits per heavy atom. The van der Waals surface area contributed by atoms with Gasteiger partial charge >= 0.3 is 0 Å². The second kappa shape index (κ2) is 6.07. The molecule has 0 atom stereocenters.